The van der Waals surface area contributed by atoms with Crippen LogP contribution in [0.25, 0.3) is 0 Å². The molecule has 0 saturated heterocycles. The number of carboxylic acid groups (broad SMARTS) is 1. The fraction of sp³-hybridized carbons (Fsp3) is 0.829. The highest BCUT2D eigenvalue weighted by atomic mass is 31.2. The van der Waals surface area contributed by atoms with E-state index in [1.165, 1.54) is 77.0 Å². The van der Waals surface area contributed by atoms with E-state index in [1.807, 2.05) is 0 Å². The molecule has 11 nitrogen and oxygen atoms in total. The van der Waals surface area contributed by atoms with Crippen LogP contribution in [0, 0.1) is 0 Å². The highest BCUT2D eigenvalue weighted by molar-refractivity contribution is 7.47. The van der Waals surface area contributed by atoms with Gasteiger partial charge < -0.3 is 25.2 Å². The molecule has 0 heterocycles. The minimum atomic E-state index is -4.71. The lowest BCUT2D eigenvalue weighted by Gasteiger charge is -2.20. The maximum absolute atomic E-state index is 12.6. The average Bonchev–Trinajstić information content (AvgIpc) is 3.13. The number of esters is 2. The third-order valence-electron chi connectivity index (χ3n) is 8.92. The first-order chi connectivity index (χ1) is 25.6. The predicted octanol–water partition coefficient (Wildman–Crippen LogP) is 10.7. The number of carbonyl (C=O) groups excluding carboxylic acids is 2. The summed E-state index contributed by atoms with van der Waals surface area (Å²) in [5.41, 5.74) is 5.32. The van der Waals surface area contributed by atoms with Crippen molar-refractivity contribution in [3.63, 3.8) is 0 Å². The predicted molar refractivity (Wildman–Crippen MR) is 212 cm³/mol. The lowest BCUT2D eigenvalue weighted by Crippen LogP contribution is -2.34. The molecule has 0 fully saturated rings. The number of carboxylic acids is 1. The van der Waals surface area contributed by atoms with E-state index in [0.717, 1.165) is 70.6 Å². The van der Waals surface area contributed by atoms with Gasteiger partial charge in [0.2, 0.25) is 0 Å². The molecule has 0 aromatic rings. The summed E-state index contributed by atoms with van der Waals surface area (Å²) in [5.74, 6) is -2.39. The summed E-state index contributed by atoms with van der Waals surface area (Å²) in [6, 6.07) is -1.52. The molecule has 0 rings (SSSR count). The third kappa shape index (κ3) is 36.7. The van der Waals surface area contributed by atoms with Crippen molar-refractivity contribution in [1.82, 2.24) is 0 Å². The Kier molecular flexibility index (Phi) is 35.5. The molecule has 0 spiro atoms. The standard InChI is InChI=1S/C41H76NO10P/c1-3-5-7-9-11-13-15-17-18-19-20-21-23-25-27-29-31-33-40(44)52-37(35-50-53(47,48)51-36-38(42)41(45)46)34-49-39(43)32-30-28-26-24-22-16-14-12-10-8-6-4-2/h12,14,17-18,37-38H,3-11,13,15-16,19-36,42H2,1-2H3,(H,45,46)(H,47,48)/b14-12-,18-17-/t37-,38+/m1/s1. The lowest BCUT2D eigenvalue weighted by atomic mass is 10.1. The van der Waals surface area contributed by atoms with E-state index in [9.17, 15) is 23.8 Å². The highest BCUT2D eigenvalue weighted by Gasteiger charge is 2.28. The van der Waals surface area contributed by atoms with E-state index in [4.69, 9.17) is 24.8 Å². The number of hydrogen-bond donors (Lipinski definition) is 3. The van der Waals surface area contributed by atoms with Gasteiger partial charge in [-0.1, -0.05) is 134 Å². The van der Waals surface area contributed by atoms with Crippen molar-refractivity contribution in [2.75, 3.05) is 19.8 Å². The second kappa shape index (κ2) is 36.9. The SMILES string of the molecule is CCCCC/C=C\CCCCCCCC(=O)OC[C@H](COP(=O)(O)OC[C@H](N)C(=O)O)OC(=O)CCCCCCCCC/C=C\CCCCCCCC. The number of allylic oxidation sites excluding steroid dienone is 4. The van der Waals surface area contributed by atoms with E-state index < -0.39 is 51.1 Å². The van der Waals surface area contributed by atoms with Crippen LogP contribution in [0.3, 0.4) is 0 Å². The monoisotopic (exact) mass is 774 g/mol. The van der Waals surface area contributed by atoms with Crippen LogP contribution in [0.5, 0.6) is 0 Å². The smallest absolute Gasteiger partial charge is 0.472 e. The number of nitrogens with two attached hydrogens (primary N) is 1. The number of phosphoric ester groups is 1. The number of carbonyl (C=O) groups is 3. The van der Waals surface area contributed by atoms with Crippen LogP contribution >= 0.6 is 7.82 Å². The molecule has 0 aromatic heterocycles. The van der Waals surface area contributed by atoms with Crippen LogP contribution < -0.4 is 5.73 Å². The van der Waals surface area contributed by atoms with E-state index >= 15 is 0 Å². The zero-order valence-corrected chi connectivity index (χ0v) is 34.3. The molecule has 4 N–H and O–H groups in total. The lowest BCUT2D eigenvalue weighted by molar-refractivity contribution is -0.161. The number of hydrogen-bond acceptors (Lipinski definition) is 9. The Hall–Kier alpha value is -2.04. The first-order valence-corrected chi connectivity index (χ1v) is 22.4. The van der Waals surface area contributed by atoms with E-state index in [2.05, 4.69) is 42.7 Å². The Morgan fingerprint density at radius 3 is 1.42 bits per heavy atom. The largest absolute Gasteiger partial charge is 0.480 e. The zero-order chi connectivity index (χ0) is 39.3. The summed E-state index contributed by atoms with van der Waals surface area (Å²) in [4.78, 5) is 45.8. The van der Waals surface area contributed by atoms with Crippen LogP contribution in [0.2, 0.25) is 0 Å². The maximum Gasteiger partial charge on any atom is 0.472 e. The molecule has 3 atom stereocenters. The first kappa shape index (κ1) is 51.0. The van der Waals surface area contributed by atoms with Gasteiger partial charge in [0.15, 0.2) is 6.10 Å². The molecule has 0 aliphatic carbocycles. The molecular weight excluding hydrogens is 697 g/mol. The van der Waals surface area contributed by atoms with E-state index in [-0.39, 0.29) is 19.4 Å². The molecule has 310 valence electrons. The van der Waals surface area contributed by atoms with Crippen LogP contribution in [-0.4, -0.2) is 59.9 Å². The summed E-state index contributed by atoms with van der Waals surface area (Å²) in [6.45, 7) is 2.76. The number of aliphatic carboxylic acids is 1. The topological polar surface area (TPSA) is 172 Å². The maximum atomic E-state index is 12.6. The van der Waals surface area contributed by atoms with Crippen molar-refractivity contribution in [3.8, 4) is 0 Å². The number of rotatable bonds is 39. The van der Waals surface area contributed by atoms with Crippen LogP contribution in [-0.2, 0) is 37.5 Å². The van der Waals surface area contributed by atoms with Gasteiger partial charge in [-0.2, -0.15) is 0 Å². The van der Waals surface area contributed by atoms with Gasteiger partial charge >= 0.3 is 25.7 Å². The quantitative estimate of drug-likeness (QED) is 0.0235. The molecule has 0 radical (unpaired) electrons. The molecule has 0 saturated carbocycles. The molecule has 12 heteroatoms. The van der Waals surface area contributed by atoms with Gasteiger partial charge in [-0.3, -0.25) is 23.4 Å². The van der Waals surface area contributed by atoms with Gasteiger partial charge in [0.25, 0.3) is 0 Å². The fourth-order valence-corrected chi connectivity index (χ4v) is 6.36. The molecule has 0 aliphatic heterocycles. The molecular formula is C41H76NO10P. The van der Waals surface area contributed by atoms with Crippen molar-refractivity contribution in [3.05, 3.63) is 24.3 Å². The van der Waals surface area contributed by atoms with E-state index in [0.29, 0.717) is 12.8 Å². The summed E-state index contributed by atoms with van der Waals surface area (Å²) in [6.07, 6.45) is 36.7. The Morgan fingerprint density at radius 1 is 0.566 bits per heavy atom. The third-order valence-corrected chi connectivity index (χ3v) is 9.87. The van der Waals surface area contributed by atoms with Gasteiger partial charge in [-0.15, -0.1) is 0 Å². The Balaban J connectivity index is 4.38. The Morgan fingerprint density at radius 2 is 0.943 bits per heavy atom. The van der Waals surface area contributed by atoms with Crippen molar-refractivity contribution in [1.29, 1.82) is 0 Å². The van der Waals surface area contributed by atoms with Gasteiger partial charge in [-0.25, -0.2) is 4.57 Å². The summed E-state index contributed by atoms with van der Waals surface area (Å²) < 4.78 is 32.6. The van der Waals surface area contributed by atoms with Crippen molar-refractivity contribution < 1.29 is 47.5 Å². The van der Waals surface area contributed by atoms with Crippen molar-refractivity contribution in [2.45, 2.75) is 199 Å². The second-order valence-corrected chi connectivity index (χ2v) is 15.6. The minimum Gasteiger partial charge on any atom is -0.480 e. The van der Waals surface area contributed by atoms with Crippen molar-refractivity contribution in [2.24, 2.45) is 5.73 Å². The fourth-order valence-electron chi connectivity index (χ4n) is 5.58. The molecule has 1 unspecified atom stereocenters. The molecule has 53 heavy (non-hydrogen) atoms. The summed E-state index contributed by atoms with van der Waals surface area (Å²) >= 11 is 0. The molecule has 0 bridgehead atoms. The van der Waals surface area contributed by atoms with Gasteiger partial charge in [0, 0.05) is 12.8 Å². The Bertz CT molecular complexity index is 1010. The van der Waals surface area contributed by atoms with Crippen LogP contribution in [0.1, 0.15) is 187 Å². The Labute approximate surface area is 321 Å². The molecule has 0 aromatic carbocycles. The second-order valence-electron chi connectivity index (χ2n) is 14.1. The number of unbranched alkanes of at least 4 members (excludes halogenated alkanes) is 21. The molecule has 0 aliphatic rings. The number of ether oxygens (including phenoxy) is 2. The van der Waals surface area contributed by atoms with Crippen LogP contribution in [0.4, 0.5) is 0 Å². The summed E-state index contributed by atoms with van der Waals surface area (Å²) in [5, 5.41) is 8.87. The zero-order valence-electron chi connectivity index (χ0n) is 33.4. The normalized spacial score (nSPS) is 14.0. The number of phosphoric acid groups is 1. The summed E-state index contributed by atoms with van der Waals surface area (Å²) in [7, 11) is -4.71. The minimum absolute atomic E-state index is 0.156. The van der Waals surface area contributed by atoms with Gasteiger partial charge in [0.1, 0.15) is 12.6 Å². The van der Waals surface area contributed by atoms with Crippen molar-refractivity contribution >= 4 is 25.7 Å². The molecule has 0 amide bonds. The van der Waals surface area contributed by atoms with E-state index in [1.54, 1.807) is 0 Å². The van der Waals surface area contributed by atoms with Gasteiger partial charge in [-0.05, 0) is 64.2 Å². The van der Waals surface area contributed by atoms with Gasteiger partial charge in [0.05, 0.1) is 13.2 Å². The average molecular weight is 774 g/mol. The highest BCUT2D eigenvalue weighted by Crippen LogP contribution is 2.43. The van der Waals surface area contributed by atoms with Crippen LogP contribution in [0.15, 0.2) is 24.3 Å². The first-order valence-electron chi connectivity index (χ1n) is 20.9.